The number of pyridine rings is 1. The van der Waals surface area contributed by atoms with Crippen LogP contribution in [0.15, 0.2) is 79.1 Å². The Morgan fingerprint density at radius 3 is 2.33 bits per heavy atom. The van der Waals surface area contributed by atoms with Crippen molar-refractivity contribution in [1.82, 2.24) is 25.5 Å². The number of methoxy groups -OCH3 is 1. The number of benzene rings is 2. The van der Waals surface area contributed by atoms with Gasteiger partial charge in [0.2, 0.25) is 11.8 Å². The number of carbonyl (C=O) groups is 3. The molecule has 2 aromatic carbocycles. The van der Waals surface area contributed by atoms with E-state index in [0.29, 0.717) is 11.3 Å². The second-order valence-corrected chi connectivity index (χ2v) is 10.3. The number of nitrogens with zero attached hydrogens (tertiary/aromatic N) is 2. The molecule has 9 nitrogen and oxygen atoms in total. The lowest BCUT2D eigenvalue weighted by Gasteiger charge is -2.33. The lowest BCUT2D eigenvalue weighted by molar-refractivity contribution is -0.129. The highest BCUT2D eigenvalue weighted by molar-refractivity contribution is 6.02. The third-order valence-electron chi connectivity index (χ3n) is 6.06. The van der Waals surface area contributed by atoms with Gasteiger partial charge in [-0.2, -0.15) is 0 Å². The Balaban J connectivity index is 1.72. The molecule has 4 aromatic rings. The molecule has 0 fully saturated rings. The van der Waals surface area contributed by atoms with Crippen molar-refractivity contribution in [2.24, 2.45) is 0 Å². The van der Waals surface area contributed by atoms with Gasteiger partial charge in [0.25, 0.3) is 5.91 Å². The van der Waals surface area contributed by atoms with E-state index < -0.39 is 29.3 Å². The van der Waals surface area contributed by atoms with Crippen molar-refractivity contribution in [1.29, 1.82) is 0 Å². The first-order valence-corrected chi connectivity index (χ1v) is 12.6. The number of H-pyrrole nitrogens is 1. The number of hydrogen-bond donors (Lipinski definition) is 3. The highest BCUT2D eigenvalue weighted by atomic mass is 16.5. The fourth-order valence-corrected chi connectivity index (χ4v) is 4.23. The van der Waals surface area contributed by atoms with E-state index in [2.05, 4.69) is 20.6 Å². The summed E-state index contributed by atoms with van der Waals surface area (Å²) in [6.45, 7) is 5.51. The summed E-state index contributed by atoms with van der Waals surface area (Å²) in [5, 5.41) is 6.68. The van der Waals surface area contributed by atoms with E-state index in [9.17, 15) is 14.4 Å². The molecular formula is C30H33N5O4. The summed E-state index contributed by atoms with van der Waals surface area (Å²) in [6.07, 6.45) is 3.29. The van der Waals surface area contributed by atoms with Gasteiger partial charge >= 0.3 is 0 Å². The van der Waals surface area contributed by atoms with Crippen LogP contribution in [0.5, 0.6) is 5.75 Å². The zero-order chi connectivity index (χ0) is 28.0. The molecule has 1 atom stereocenters. The Morgan fingerprint density at radius 2 is 1.69 bits per heavy atom. The second kappa shape index (κ2) is 11.8. The molecule has 2 aromatic heterocycles. The number of carbonyl (C=O) groups excluding carboxylic acids is 3. The van der Waals surface area contributed by atoms with Crippen molar-refractivity contribution < 1.29 is 19.1 Å². The molecule has 1 unspecified atom stereocenters. The zero-order valence-corrected chi connectivity index (χ0v) is 22.5. The molecule has 202 valence electrons. The number of para-hydroxylation sites is 1. The van der Waals surface area contributed by atoms with Crippen LogP contribution in [-0.4, -0.2) is 51.8 Å². The predicted octanol–water partition coefficient (Wildman–Crippen LogP) is 3.99. The van der Waals surface area contributed by atoms with Crippen LogP contribution in [0.1, 0.15) is 48.4 Å². The molecule has 0 spiro atoms. The van der Waals surface area contributed by atoms with Gasteiger partial charge in [0.15, 0.2) is 0 Å². The third-order valence-corrected chi connectivity index (χ3v) is 6.06. The number of aromatic amines is 1. The lowest BCUT2D eigenvalue weighted by Crippen LogP contribution is -2.51. The SMILES string of the molecule is COc1ccc(C(C(=O)NC(C)(C)C)N(CC(=O)NCc2ccncc2)C(=O)c2cc3ccccc3[nH]2)cc1. The van der Waals surface area contributed by atoms with Crippen molar-refractivity contribution in [3.63, 3.8) is 0 Å². The molecule has 4 rings (SSSR count). The lowest BCUT2D eigenvalue weighted by atomic mass is 10.0. The Hall–Kier alpha value is -4.66. The predicted molar refractivity (Wildman–Crippen MR) is 149 cm³/mol. The maximum atomic E-state index is 14.0. The number of hydrogen-bond acceptors (Lipinski definition) is 5. The monoisotopic (exact) mass is 527 g/mol. The first-order chi connectivity index (χ1) is 18.6. The highest BCUT2D eigenvalue weighted by Gasteiger charge is 2.35. The standard InChI is InChI=1S/C30H33N5O4/c1-30(2,3)34-28(37)27(21-9-11-23(39-4)12-10-21)35(19-26(36)32-18-20-13-15-31-16-14-20)29(38)25-17-22-7-5-6-8-24(22)33-25/h5-17,27,33H,18-19H2,1-4H3,(H,32,36)(H,34,37). The van der Waals surface area contributed by atoms with Crippen molar-refractivity contribution in [3.05, 3.63) is 95.9 Å². The summed E-state index contributed by atoms with van der Waals surface area (Å²) in [4.78, 5) is 49.4. The number of nitrogens with one attached hydrogen (secondary N) is 3. The molecule has 0 bridgehead atoms. The number of amides is 3. The molecule has 39 heavy (non-hydrogen) atoms. The summed E-state index contributed by atoms with van der Waals surface area (Å²) in [5.41, 5.74) is 1.90. The normalized spacial score (nSPS) is 12.0. The van der Waals surface area contributed by atoms with Crippen LogP contribution >= 0.6 is 0 Å². The average molecular weight is 528 g/mol. The highest BCUT2D eigenvalue weighted by Crippen LogP contribution is 2.27. The van der Waals surface area contributed by atoms with Crippen LogP contribution in [0.3, 0.4) is 0 Å². The van der Waals surface area contributed by atoms with E-state index in [4.69, 9.17) is 4.74 Å². The third kappa shape index (κ3) is 7.01. The maximum Gasteiger partial charge on any atom is 0.271 e. The molecule has 0 aliphatic rings. The van der Waals surface area contributed by atoms with Gasteiger partial charge in [0.05, 0.1) is 7.11 Å². The van der Waals surface area contributed by atoms with E-state index in [-0.39, 0.29) is 18.8 Å². The first kappa shape index (κ1) is 27.4. The van der Waals surface area contributed by atoms with Gasteiger partial charge in [-0.1, -0.05) is 30.3 Å². The molecule has 0 saturated heterocycles. The van der Waals surface area contributed by atoms with Crippen LogP contribution in [0.2, 0.25) is 0 Å². The van der Waals surface area contributed by atoms with E-state index in [1.165, 1.54) is 4.90 Å². The molecular weight excluding hydrogens is 494 g/mol. The van der Waals surface area contributed by atoms with Crippen LogP contribution < -0.4 is 15.4 Å². The minimum absolute atomic E-state index is 0.261. The van der Waals surface area contributed by atoms with Crippen LogP contribution in [-0.2, 0) is 16.1 Å². The Morgan fingerprint density at radius 1 is 1.00 bits per heavy atom. The van der Waals surface area contributed by atoms with Crippen molar-refractivity contribution >= 4 is 28.6 Å². The second-order valence-electron chi connectivity index (χ2n) is 10.3. The number of rotatable bonds is 9. The fraction of sp³-hybridized carbons (Fsp3) is 0.267. The topological polar surface area (TPSA) is 116 Å². The maximum absolute atomic E-state index is 14.0. The largest absolute Gasteiger partial charge is 0.497 e. The fourth-order valence-electron chi connectivity index (χ4n) is 4.23. The van der Waals surface area contributed by atoms with Crippen molar-refractivity contribution in [2.45, 2.75) is 38.9 Å². The van der Waals surface area contributed by atoms with Crippen molar-refractivity contribution in [3.8, 4) is 5.75 Å². The van der Waals surface area contributed by atoms with E-state index in [1.807, 2.05) is 45.0 Å². The van der Waals surface area contributed by atoms with Gasteiger partial charge in [-0.3, -0.25) is 19.4 Å². The van der Waals surface area contributed by atoms with Gasteiger partial charge < -0.3 is 25.3 Å². The van der Waals surface area contributed by atoms with Crippen LogP contribution in [0.4, 0.5) is 0 Å². The number of ether oxygens (including phenoxy) is 1. The van der Waals surface area contributed by atoms with Gasteiger partial charge in [-0.25, -0.2) is 0 Å². The summed E-state index contributed by atoms with van der Waals surface area (Å²) >= 11 is 0. The van der Waals surface area contributed by atoms with Gasteiger partial charge in [-0.15, -0.1) is 0 Å². The van der Waals surface area contributed by atoms with E-state index in [0.717, 1.165) is 16.5 Å². The minimum Gasteiger partial charge on any atom is -0.497 e. The zero-order valence-electron chi connectivity index (χ0n) is 22.5. The molecule has 9 heteroatoms. The molecule has 3 amide bonds. The first-order valence-electron chi connectivity index (χ1n) is 12.6. The summed E-state index contributed by atoms with van der Waals surface area (Å²) < 4.78 is 5.28. The summed E-state index contributed by atoms with van der Waals surface area (Å²) in [7, 11) is 1.55. The number of fused-ring (bicyclic) bond motifs is 1. The van der Waals surface area contributed by atoms with E-state index in [1.54, 1.807) is 62.0 Å². The minimum atomic E-state index is -1.08. The molecule has 2 heterocycles. The molecule has 0 saturated carbocycles. The smallest absolute Gasteiger partial charge is 0.271 e. The number of aromatic nitrogens is 2. The van der Waals surface area contributed by atoms with Crippen LogP contribution in [0.25, 0.3) is 10.9 Å². The molecule has 3 N–H and O–H groups in total. The summed E-state index contributed by atoms with van der Waals surface area (Å²) in [6, 6.07) is 18.6. The summed E-state index contributed by atoms with van der Waals surface area (Å²) in [5.74, 6) is -0.676. The Labute approximate surface area is 227 Å². The van der Waals surface area contributed by atoms with Crippen molar-refractivity contribution in [2.75, 3.05) is 13.7 Å². The molecule has 0 aliphatic heterocycles. The average Bonchev–Trinajstić information content (AvgIpc) is 3.35. The van der Waals surface area contributed by atoms with Crippen LogP contribution in [0, 0.1) is 0 Å². The van der Waals surface area contributed by atoms with E-state index >= 15 is 0 Å². The quantitative estimate of drug-likeness (QED) is 0.304. The van der Waals surface area contributed by atoms with Gasteiger partial charge in [0.1, 0.15) is 24.0 Å². The Bertz CT molecular complexity index is 1410. The van der Waals surface area contributed by atoms with Gasteiger partial charge in [-0.05, 0) is 68.3 Å². The molecule has 0 aliphatic carbocycles. The Kier molecular flexibility index (Phi) is 8.29. The molecule has 0 radical (unpaired) electrons. The van der Waals surface area contributed by atoms with Gasteiger partial charge in [0, 0.05) is 35.4 Å².